The van der Waals surface area contributed by atoms with Crippen LogP contribution in [0.25, 0.3) is 0 Å². The van der Waals surface area contributed by atoms with Gasteiger partial charge in [-0.15, -0.1) is 0 Å². The van der Waals surface area contributed by atoms with Gasteiger partial charge in [0.05, 0.1) is 6.54 Å². The predicted octanol–water partition coefficient (Wildman–Crippen LogP) is 2.47. The highest BCUT2D eigenvalue weighted by Gasteiger charge is 2.26. The number of piperidine rings is 1. The molecule has 94 valence electrons. The zero-order valence-electron chi connectivity index (χ0n) is 11.0. The van der Waals surface area contributed by atoms with E-state index in [1.807, 2.05) is 30.1 Å². The number of aromatic nitrogens is 1. The van der Waals surface area contributed by atoms with Gasteiger partial charge in [-0.2, -0.15) is 0 Å². The van der Waals surface area contributed by atoms with Crippen LogP contribution in [-0.2, 0) is 7.05 Å². The lowest BCUT2D eigenvalue weighted by atomic mass is 9.97. The fraction of sp³-hybridized carbons (Fsp3) is 0.643. The van der Waals surface area contributed by atoms with E-state index in [4.69, 9.17) is 0 Å². The average Bonchev–Trinajstić information content (AvgIpc) is 2.70. The van der Waals surface area contributed by atoms with E-state index < -0.39 is 0 Å². The Bertz CT molecular complexity index is 387. The van der Waals surface area contributed by atoms with Gasteiger partial charge in [0.15, 0.2) is 5.78 Å². The van der Waals surface area contributed by atoms with Crippen LogP contribution in [0.1, 0.15) is 43.5 Å². The zero-order valence-corrected chi connectivity index (χ0v) is 11.0. The van der Waals surface area contributed by atoms with Crippen LogP contribution >= 0.6 is 0 Å². The second-order valence-corrected chi connectivity index (χ2v) is 5.29. The Morgan fingerprint density at radius 2 is 2.00 bits per heavy atom. The van der Waals surface area contributed by atoms with Crippen molar-refractivity contribution >= 4 is 5.78 Å². The van der Waals surface area contributed by atoms with Crippen molar-refractivity contribution in [2.75, 3.05) is 6.54 Å². The van der Waals surface area contributed by atoms with E-state index >= 15 is 0 Å². The molecule has 0 aromatic carbocycles. The molecule has 3 nitrogen and oxygen atoms in total. The van der Waals surface area contributed by atoms with Crippen molar-refractivity contribution in [2.24, 2.45) is 7.05 Å². The Morgan fingerprint density at radius 3 is 2.53 bits per heavy atom. The first-order chi connectivity index (χ1) is 8.08. The molecule has 1 saturated heterocycles. The summed E-state index contributed by atoms with van der Waals surface area (Å²) < 4.78 is 1.93. The highest BCUT2D eigenvalue weighted by atomic mass is 16.1. The van der Waals surface area contributed by atoms with Crippen LogP contribution < -0.4 is 0 Å². The van der Waals surface area contributed by atoms with Crippen molar-refractivity contribution in [3.8, 4) is 0 Å². The molecule has 2 atom stereocenters. The monoisotopic (exact) mass is 234 g/mol. The molecule has 1 aliphatic rings. The van der Waals surface area contributed by atoms with Gasteiger partial charge in [0.25, 0.3) is 0 Å². The number of ketones is 1. The lowest BCUT2D eigenvalue weighted by Gasteiger charge is -2.38. The van der Waals surface area contributed by atoms with E-state index in [0.29, 0.717) is 18.6 Å². The number of carbonyl (C=O) groups is 1. The Kier molecular flexibility index (Phi) is 3.67. The van der Waals surface area contributed by atoms with Crippen molar-refractivity contribution in [2.45, 2.75) is 45.2 Å². The van der Waals surface area contributed by atoms with Gasteiger partial charge in [0, 0.05) is 37.1 Å². The second kappa shape index (κ2) is 5.05. The molecule has 0 radical (unpaired) electrons. The highest BCUT2D eigenvalue weighted by molar-refractivity contribution is 5.97. The normalized spacial score (nSPS) is 26.1. The first-order valence-corrected chi connectivity index (χ1v) is 6.49. The van der Waals surface area contributed by atoms with E-state index in [9.17, 15) is 4.79 Å². The molecule has 3 heteroatoms. The number of hydrogen-bond acceptors (Lipinski definition) is 2. The molecular formula is C14H22N2O. The fourth-order valence-electron chi connectivity index (χ4n) is 2.71. The molecule has 0 bridgehead atoms. The molecule has 1 aliphatic heterocycles. The first kappa shape index (κ1) is 12.4. The predicted molar refractivity (Wildman–Crippen MR) is 69.2 cm³/mol. The van der Waals surface area contributed by atoms with E-state index in [1.54, 1.807) is 0 Å². The van der Waals surface area contributed by atoms with Crippen LogP contribution in [0.3, 0.4) is 0 Å². The molecule has 2 heterocycles. The second-order valence-electron chi connectivity index (χ2n) is 5.29. The summed E-state index contributed by atoms with van der Waals surface area (Å²) in [5.74, 6) is 0.242. The van der Waals surface area contributed by atoms with Gasteiger partial charge in [-0.1, -0.05) is 6.42 Å². The maximum atomic E-state index is 12.2. The fourth-order valence-corrected chi connectivity index (χ4v) is 2.71. The molecule has 2 rings (SSSR count). The quantitative estimate of drug-likeness (QED) is 0.751. The van der Waals surface area contributed by atoms with Gasteiger partial charge in [-0.05, 0) is 32.8 Å². The van der Waals surface area contributed by atoms with Gasteiger partial charge < -0.3 is 4.57 Å². The molecule has 1 aromatic heterocycles. The van der Waals surface area contributed by atoms with E-state index in [2.05, 4.69) is 18.7 Å². The van der Waals surface area contributed by atoms with Crippen LogP contribution in [0, 0.1) is 0 Å². The third-order valence-corrected chi connectivity index (χ3v) is 3.86. The summed E-state index contributed by atoms with van der Waals surface area (Å²) in [4.78, 5) is 14.5. The van der Waals surface area contributed by atoms with E-state index in [-0.39, 0.29) is 5.78 Å². The molecule has 0 aliphatic carbocycles. The molecule has 0 N–H and O–H groups in total. The molecule has 0 amide bonds. The highest BCUT2D eigenvalue weighted by Crippen LogP contribution is 2.22. The SMILES string of the molecule is C[C@@H]1CCC[C@H](C)N1CC(=O)c1ccn(C)c1. The number of Topliss-reactive ketones (excluding diaryl/α,β-unsaturated/α-hetero) is 1. The van der Waals surface area contributed by atoms with Gasteiger partial charge in [-0.3, -0.25) is 9.69 Å². The lowest BCUT2D eigenvalue weighted by molar-refractivity contribution is 0.0734. The summed E-state index contributed by atoms with van der Waals surface area (Å²) in [7, 11) is 1.95. The summed E-state index contributed by atoms with van der Waals surface area (Å²) in [6.07, 6.45) is 7.55. The Labute approximate surface area is 103 Å². The average molecular weight is 234 g/mol. The van der Waals surface area contributed by atoms with Crippen molar-refractivity contribution < 1.29 is 4.79 Å². The van der Waals surface area contributed by atoms with Crippen LogP contribution in [-0.4, -0.2) is 33.9 Å². The van der Waals surface area contributed by atoms with E-state index in [1.165, 1.54) is 19.3 Å². The minimum atomic E-state index is 0.242. The van der Waals surface area contributed by atoms with Crippen LogP contribution in [0.15, 0.2) is 18.5 Å². The molecule has 0 saturated carbocycles. The third kappa shape index (κ3) is 2.78. The van der Waals surface area contributed by atoms with Crippen molar-refractivity contribution in [3.63, 3.8) is 0 Å². The molecule has 0 spiro atoms. The van der Waals surface area contributed by atoms with Crippen molar-refractivity contribution in [3.05, 3.63) is 24.0 Å². The van der Waals surface area contributed by atoms with Crippen LogP contribution in [0.4, 0.5) is 0 Å². The van der Waals surface area contributed by atoms with Gasteiger partial charge >= 0.3 is 0 Å². The largest absolute Gasteiger partial charge is 0.357 e. The lowest BCUT2D eigenvalue weighted by Crippen LogP contribution is -2.46. The topological polar surface area (TPSA) is 25.2 Å². The molecule has 1 aromatic rings. The van der Waals surface area contributed by atoms with Crippen LogP contribution in [0.2, 0.25) is 0 Å². The van der Waals surface area contributed by atoms with E-state index in [0.717, 1.165) is 5.56 Å². The summed E-state index contributed by atoms with van der Waals surface area (Å²) in [6.45, 7) is 5.02. The third-order valence-electron chi connectivity index (χ3n) is 3.86. The van der Waals surface area contributed by atoms with Crippen molar-refractivity contribution in [1.29, 1.82) is 0 Å². The number of rotatable bonds is 3. The summed E-state index contributed by atoms with van der Waals surface area (Å²) in [5, 5.41) is 0. The number of carbonyl (C=O) groups excluding carboxylic acids is 1. The standard InChI is InChI=1S/C14H22N2O/c1-11-5-4-6-12(2)16(11)10-14(17)13-7-8-15(3)9-13/h7-9,11-12H,4-6,10H2,1-3H3/t11-,12+. The Balaban J connectivity index is 2.02. The van der Waals surface area contributed by atoms with Crippen molar-refractivity contribution in [1.82, 2.24) is 9.47 Å². The minimum absolute atomic E-state index is 0.242. The smallest absolute Gasteiger partial charge is 0.178 e. The summed E-state index contributed by atoms with van der Waals surface area (Å²) in [5.41, 5.74) is 0.831. The van der Waals surface area contributed by atoms with Crippen LogP contribution in [0.5, 0.6) is 0 Å². The molecule has 0 unspecified atom stereocenters. The van der Waals surface area contributed by atoms with Gasteiger partial charge in [0.2, 0.25) is 0 Å². The molecule has 17 heavy (non-hydrogen) atoms. The molecular weight excluding hydrogens is 212 g/mol. The van der Waals surface area contributed by atoms with Gasteiger partial charge in [0.1, 0.15) is 0 Å². The maximum absolute atomic E-state index is 12.2. The Hall–Kier alpha value is -1.09. The van der Waals surface area contributed by atoms with Gasteiger partial charge in [-0.25, -0.2) is 0 Å². The number of aryl methyl sites for hydroxylation is 1. The number of hydrogen-bond donors (Lipinski definition) is 0. The minimum Gasteiger partial charge on any atom is -0.357 e. The summed E-state index contributed by atoms with van der Waals surface area (Å²) in [6, 6.07) is 2.97. The maximum Gasteiger partial charge on any atom is 0.178 e. The number of nitrogens with zero attached hydrogens (tertiary/aromatic N) is 2. The zero-order chi connectivity index (χ0) is 12.4. The number of likely N-dealkylation sites (tertiary alicyclic amines) is 1. The summed E-state index contributed by atoms with van der Waals surface area (Å²) >= 11 is 0. The molecule has 1 fully saturated rings. The first-order valence-electron chi connectivity index (χ1n) is 6.49. The Morgan fingerprint density at radius 1 is 1.35 bits per heavy atom.